The minimum absolute atomic E-state index is 0.0760. The predicted octanol–water partition coefficient (Wildman–Crippen LogP) is 1.28. The second-order valence-electron chi connectivity index (χ2n) is 3.54. The van der Waals surface area contributed by atoms with Crippen LogP contribution in [0, 0.1) is 0 Å². The minimum atomic E-state index is -0.0760. The second kappa shape index (κ2) is 5.91. The van der Waals surface area contributed by atoms with Crippen LogP contribution < -0.4 is 10.6 Å². The topological polar surface area (TPSA) is 67.4 Å². The maximum atomic E-state index is 11.4. The molecule has 2 heterocycles. The molecular formula is C12H14N2O3. The highest BCUT2D eigenvalue weighted by Gasteiger charge is 2.02. The Balaban J connectivity index is 1.61. The third-order valence-electron chi connectivity index (χ3n) is 2.20. The van der Waals surface area contributed by atoms with Crippen molar-refractivity contribution in [3.8, 4) is 0 Å². The number of amides is 1. The Morgan fingerprint density at radius 1 is 1.06 bits per heavy atom. The van der Waals surface area contributed by atoms with Gasteiger partial charge in [-0.2, -0.15) is 0 Å². The summed E-state index contributed by atoms with van der Waals surface area (Å²) >= 11 is 0. The molecule has 0 saturated heterocycles. The molecule has 2 aromatic heterocycles. The molecule has 5 heteroatoms. The van der Waals surface area contributed by atoms with E-state index >= 15 is 0 Å². The van der Waals surface area contributed by atoms with E-state index in [9.17, 15) is 4.79 Å². The van der Waals surface area contributed by atoms with Gasteiger partial charge in [0.1, 0.15) is 11.5 Å². The predicted molar refractivity (Wildman–Crippen MR) is 61.0 cm³/mol. The van der Waals surface area contributed by atoms with Gasteiger partial charge in [-0.3, -0.25) is 4.79 Å². The molecule has 0 aliphatic rings. The minimum Gasteiger partial charge on any atom is -0.468 e. The molecule has 2 aromatic rings. The van der Waals surface area contributed by atoms with Crippen molar-refractivity contribution in [3.63, 3.8) is 0 Å². The molecule has 0 aliphatic carbocycles. The van der Waals surface area contributed by atoms with E-state index in [1.54, 1.807) is 18.6 Å². The lowest BCUT2D eigenvalue weighted by atomic mass is 10.4. The molecule has 2 N–H and O–H groups in total. The molecule has 0 spiro atoms. The van der Waals surface area contributed by atoms with Gasteiger partial charge in [-0.25, -0.2) is 0 Å². The summed E-state index contributed by atoms with van der Waals surface area (Å²) in [6, 6.07) is 7.27. The van der Waals surface area contributed by atoms with Gasteiger partial charge in [-0.15, -0.1) is 0 Å². The van der Waals surface area contributed by atoms with Crippen molar-refractivity contribution in [2.24, 2.45) is 0 Å². The Morgan fingerprint density at radius 2 is 1.71 bits per heavy atom. The maximum Gasteiger partial charge on any atom is 0.234 e. The van der Waals surface area contributed by atoms with Crippen LogP contribution in [-0.4, -0.2) is 12.5 Å². The van der Waals surface area contributed by atoms with E-state index in [1.807, 2.05) is 18.2 Å². The fourth-order valence-electron chi connectivity index (χ4n) is 1.37. The van der Waals surface area contributed by atoms with Crippen molar-refractivity contribution < 1.29 is 13.6 Å². The van der Waals surface area contributed by atoms with Gasteiger partial charge >= 0.3 is 0 Å². The number of furan rings is 2. The molecule has 1 amide bonds. The summed E-state index contributed by atoms with van der Waals surface area (Å²) in [5, 5.41) is 5.72. The molecule has 0 fully saturated rings. The zero-order valence-electron chi connectivity index (χ0n) is 9.31. The summed E-state index contributed by atoms with van der Waals surface area (Å²) in [7, 11) is 0. The Labute approximate surface area is 98.8 Å². The zero-order valence-corrected chi connectivity index (χ0v) is 9.31. The number of rotatable bonds is 6. The largest absolute Gasteiger partial charge is 0.468 e. The highest BCUT2D eigenvalue weighted by atomic mass is 16.3. The Morgan fingerprint density at radius 3 is 2.29 bits per heavy atom. The average Bonchev–Trinajstić information content (AvgIpc) is 2.99. The van der Waals surface area contributed by atoms with Crippen LogP contribution in [0.3, 0.4) is 0 Å². The van der Waals surface area contributed by atoms with Gasteiger partial charge in [0.05, 0.1) is 32.2 Å². The first-order valence-corrected chi connectivity index (χ1v) is 5.37. The number of carbonyl (C=O) groups is 1. The Kier molecular flexibility index (Phi) is 3.99. The molecule has 17 heavy (non-hydrogen) atoms. The van der Waals surface area contributed by atoms with Gasteiger partial charge in [-0.1, -0.05) is 0 Å². The van der Waals surface area contributed by atoms with E-state index in [1.165, 1.54) is 0 Å². The molecule has 0 aromatic carbocycles. The van der Waals surface area contributed by atoms with E-state index < -0.39 is 0 Å². The maximum absolute atomic E-state index is 11.4. The van der Waals surface area contributed by atoms with Crippen molar-refractivity contribution in [3.05, 3.63) is 48.3 Å². The van der Waals surface area contributed by atoms with Crippen LogP contribution >= 0.6 is 0 Å². The van der Waals surface area contributed by atoms with Crippen LogP contribution in [-0.2, 0) is 17.9 Å². The molecule has 0 saturated carbocycles. The van der Waals surface area contributed by atoms with Crippen LogP contribution in [0.1, 0.15) is 11.5 Å². The number of nitrogens with one attached hydrogen (secondary N) is 2. The highest BCUT2D eigenvalue weighted by Crippen LogP contribution is 1.99. The van der Waals surface area contributed by atoms with E-state index in [2.05, 4.69) is 10.6 Å². The van der Waals surface area contributed by atoms with Gasteiger partial charge in [0.25, 0.3) is 0 Å². The lowest BCUT2D eigenvalue weighted by molar-refractivity contribution is -0.120. The van der Waals surface area contributed by atoms with Gasteiger partial charge in [-0.05, 0) is 24.3 Å². The molecule has 0 aliphatic heterocycles. The van der Waals surface area contributed by atoms with Crippen LogP contribution in [0.5, 0.6) is 0 Å². The zero-order chi connectivity index (χ0) is 11.9. The summed E-state index contributed by atoms with van der Waals surface area (Å²) < 4.78 is 10.2. The Bertz CT molecular complexity index is 434. The van der Waals surface area contributed by atoms with Gasteiger partial charge in [0.2, 0.25) is 5.91 Å². The van der Waals surface area contributed by atoms with Crippen molar-refractivity contribution in [1.82, 2.24) is 10.6 Å². The third-order valence-corrected chi connectivity index (χ3v) is 2.20. The number of hydrogen-bond acceptors (Lipinski definition) is 4. The van der Waals surface area contributed by atoms with Crippen molar-refractivity contribution >= 4 is 5.91 Å². The number of carbonyl (C=O) groups excluding carboxylic acids is 1. The van der Waals surface area contributed by atoms with Crippen molar-refractivity contribution in [2.75, 3.05) is 6.54 Å². The lowest BCUT2D eigenvalue weighted by Crippen LogP contribution is -2.33. The summed E-state index contributed by atoms with van der Waals surface area (Å²) in [6.07, 6.45) is 3.19. The van der Waals surface area contributed by atoms with Crippen LogP contribution in [0.25, 0.3) is 0 Å². The van der Waals surface area contributed by atoms with Gasteiger partial charge < -0.3 is 19.5 Å². The smallest absolute Gasteiger partial charge is 0.234 e. The standard InChI is InChI=1S/C12H14N2O3/c15-12(14-8-11-4-2-6-17-11)9-13-7-10-3-1-5-16-10/h1-6,13H,7-9H2,(H,14,15). The summed E-state index contributed by atoms with van der Waals surface area (Å²) in [5.74, 6) is 1.47. The highest BCUT2D eigenvalue weighted by molar-refractivity contribution is 5.77. The first-order chi connectivity index (χ1) is 8.34. The SMILES string of the molecule is O=C(CNCc1ccco1)NCc1ccco1. The van der Waals surface area contributed by atoms with Gasteiger partial charge in [0, 0.05) is 0 Å². The van der Waals surface area contributed by atoms with Crippen molar-refractivity contribution in [2.45, 2.75) is 13.1 Å². The molecule has 90 valence electrons. The monoisotopic (exact) mass is 234 g/mol. The van der Waals surface area contributed by atoms with E-state index in [0.29, 0.717) is 13.1 Å². The summed E-state index contributed by atoms with van der Waals surface area (Å²) in [6.45, 7) is 1.21. The van der Waals surface area contributed by atoms with Gasteiger partial charge in [0.15, 0.2) is 0 Å². The lowest BCUT2D eigenvalue weighted by Gasteiger charge is -2.04. The fraction of sp³-hybridized carbons (Fsp3) is 0.250. The third kappa shape index (κ3) is 3.81. The van der Waals surface area contributed by atoms with Crippen molar-refractivity contribution in [1.29, 1.82) is 0 Å². The molecule has 5 nitrogen and oxygen atoms in total. The Hall–Kier alpha value is -2.01. The average molecular weight is 234 g/mol. The number of hydrogen-bond donors (Lipinski definition) is 2. The molecular weight excluding hydrogens is 220 g/mol. The summed E-state index contributed by atoms with van der Waals surface area (Å²) in [4.78, 5) is 11.4. The normalized spacial score (nSPS) is 10.4. The quantitative estimate of drug-likeness (QED) is 0.790. The van der Waals surface area contributed by atoms with Crippen LogP contribution in [0.4, 0.5) is 0 Å². The summed E-state index contributed by atoms with van der Waals surface area (Å²) in [5.41, 5.74) is 0. The molecule has 0 radical (unpaired) electrons. The molecule has 2 rings (SSSR count). The van der Waals surface area contributed by atoms with Crippen LogP contribution in [0.15, 0.2) is 45.6 Å². The van der Waals surface area contributed by atoms with E-state index in [0.717, 1.165) is 11.5 Å². The van der Waals surface area contributed by atoms with E-state index in [-0.39, 0.29) is 12.5 Å². The molecule has 0 atom stereocenters. The second-order valence-corrected chi connectivity index (χ2v) is 3.54. The van der Waals surface area contributed by atoms with Crippen LogP contribution in [0.2, 0.25) is 0 Å². The molecule has 0 unspecified atom stereocenters. The van der Waals surface area contributed by atoms with E-state index in [4.69, 9.17) is 8.83 Å². The molecule has 0 bridgehead atoms. The fourth-order valence-corrected chi connectivity index (χ4v) is 1.37. The first-order valence-electron chi connectivity index (χ1n) is 5.37. The first kappa shape index (κ1) is 11.5.